The molecule has 116 valence electrons. The van der Waals surface area contributed by atoms with E-state index in [0.29, 0.717) is 12.0 Å². The SMILES string of the molecule is CC1CN(C(=O)OC(C)(C)C)CCC1CC1CCCN1. The van der Waals surface area contributed by atoms with Gasteiger partial charge in [0.05, 0.1) is 0 Å². The summed E-state index contributed by atoms with van der Waals surface area (Å²) in [4.78, 5) is 14.0. The minimum Gasteiger partial charge on any atom is -0.444 e. The molecule has 2 aliphatic rings. The largest absolute Gasteiger partial charge is 0.444 e. The third-order valence-corrected chi connectivity index (χ3v) is 4.48. The molecule has 0 aromatic heterocycles. The summed E-state index contributed by atoms with van der Waals surface area (Å²) in [6, 6.07) is 0.704. The lowest BCUT2D eigenvalue weighted by Gasteiger charge is -2.38. The predicted octanol–water partition coefficient (Wildman–Crippen LogP) is 3.02. The standard InChI is InChI=1S/C16H30N2O2/c1-12-11-18(15(19)20-16(2,3)4)9-7-13(12)10-14-6-5-8-17-14/h12-14,17H,5-11H2,1-4H3. The summed E-state index contributed by atoms with van der Waals surface area (Å²) in [5.74, 6) is 1.31. The average Bonchev–Trinajstić information content (AvgIpc) is 2.82. The van der Waals surface area contributed by atoms with E-state index < -0.39 is 5.60 Å². The van der Waals surface area contributed by atoms with Crippen LogP contribution in [0.4, 0.5) is 4.79 Å². The van der Waals surface area contributed by atoms with E-state index in [1.807, 2.05) is 25.7 Å². The van der Waals surface area contributed by atoms with Crippen molar-refractivity contribution in [1.29, 1.82) is 0 Å². The summed E-state index contributed by atoms with van der Waals surface area (Å²) in [5.41, 5.74) is -0.398. The number of amides is 1. The van der Waals surface area contributed by atoms with Gasteiger partial charge in [-0.05, 0) is 64.8 Å². The van der Waals surface area contributed by atoms with Crippen LogP contribution in [0.3, 0.4) is 0 Å². The van der Waals surface area contributed by atoms with Crippen LogP contribution in [0.15, 0.2) is 0 Å². The molecule has 2 heterocycles. The first-order valence-electron chi connectivity index (χ1n) is 8.06. The van der Waals surface area contributed by atoms with Crippen molar-refractivity contribution >= 4 is 6.09 Å². The molecule has 0 spiro atoms. The van der Waals surface area contributed by atoms with Crippen molar-refractivity contribution < 1.29 is 9.53 Å². The lowest BCUT2D eigenvalue weighted by Crippen LogP contribution is -2.46. The number of piperidine rings is 1. The molecule has 20 heavy (non-hydrogen) atoms. The number of rotatable bonds is 2. The molecule has 0 saturated carbocycles. The van der Waals surface area contributed by atoms with Crippen molar-refractivity contribution in [1.82, 2.24) is 10.2 Å². The van der Waals surface area contributed by atoms with Gasteiger partial charge in [-0.25, -0.2) is 4.79 Å². The van der Waals surface area contributed by atoms with Gasteiger partial charge in [0, 0.05) is 19.1 Å². The zero-order valence-electron chi connectivity index (χ0n) is 13.4. The minimum atomic E-state index is -0.398. The molecule has 0 radical (unpaired) electrons. The highest BCUT2D eigenvalue weighted by molar-refractivity contribution is 5.68. The Hall–Kier alpha value is -0.770. The Bertz CT molecular complexity index is 332. The number of carbonyl (C=O) groups excluding carboxylic acids is 1. The first kappa shape index (κ1) is 15.6. The monoisotopic (exact) mass is 282 g/mol. The van der Waals surface area contributed by atoms with E-state index in [1.54, 1.807) is 0 Å². The summed E-state index contributed by atoms with van der Waals surface area (Å²) in [5, 5.41) is 3.58. The fourth-order valence-electron chi connectivity index (χ4n) is 3.36. The molecule has 2 rings (SSSR count). The first-order valence-corrected chi connectivity index (χ1v) is 8.06. The summed E-state index contributed by atoms with van der Waals surface area (Å²) in [6.45, 7) is 10.9. The van der Waals surface area contributed by atoms with Crippen molar-refractivity contribution in [3.63, 3.8) is 0 Å². The third kappa shape index (κ3) is 4.37. The molecule has 2 aliphatic heterocycles. The maximum absolute atomic E-state index is 12.1. The molecule has 1 N–H and O–H groups in total. The van der Waals surface area contributed by atoms with E-state index >= 15 is 0 Å². The Balaban J connectivity index is 1.80. The number of likely N-dealkylation sites (tertiary alicyclic amines) is 1. The van der Waals surface area contributed by atoms with Crippen LogP contribution in [-0.4, -0.2) is 42.3 Å². The van der Waals surface area contributed by atoms with Crippen molar-refractivity contribution in [3.8, 4) is 0 Å². The van der Waals surface area contributed by atoms with Gasteiger partial charge in [0.2, 0.25) is 0 Å². The highest BCUT2D eigenvalue weighted by atomic mass is 16.6. The molecule has 4 nitrogen and oxygen atoms in total. The molecular formula is C16H30N2O2. The van der Waals surface area contributed by atoms with Gasteiger partial charge in [0.1, 0.15) is 5.60 Å². The maximum Gasteiger partial charge on any atom is 0.410 e. The normalized spacial score (nSPS) is 31.4. The second kappa shape index (κ2) is 6.33. The smallest absolute Gasteiger partial charge is 0.410 e. The molecule has 0 bridgehead atoms. The van der Waals surface area contributed by atoms with Gasteiger partial charge >= 0.3 is 6.09 Å². The highest BCUT2D eigenvalue weighted by Gasteiger charge is 2.32. The van der Waals surface area contributed by atoms with E-state index in [0.717, 1.165) is 25.4 Å². The predicted molar refractivity (Wildman–Crippen MR) is 80.7 cm³/mol. The minimum absolute atomic E-state index is 0.151. The van der Waals surface area contributed by atoms with Gasteiger partial charge in [0.15, 0.2) is 0 Å². The van der Waals surface area contributed by atoms with Gasteiger partial charge in [-0.3, -0.25) is 0 Å². The van der Waals surface area contributed by atoms with Crippen molar-refractivity contribution in [2.24, 2.45) is 11.8 Å². The van der Waals surface area contributed by atoms with Crippen LogP contribution in [0.1, 0.15) is 53.4 Å². The molecule has 0 aromatic carbocycles. The van der Waals surface area contributed by atoms with Crippen LogP contribution in [-0.2, 0) is 4.74 Å². The summed E-state index contributed by atoms with van der Waals surface area (Å²) >= 11 is 0. The molecule has 1 amide bonds. The lowest BCUT2D eigenvalue weighted by atomic mass is 9.82. The number of hydrogen-bond acceptors (Lipinski definition) is 3. The molecule has 2 fully saturated rings. The van der Waals surface area contributed by atoms with Crippen molar-refractivity contribution in [2.75, 3.05) is 19.6 Å². The fourth-order valence-corrected chi connectivity index (χ4v) is 3.36. The summed E-state index contributed by atoms with van der Waals surface area (Å²) < 4.78 is 5.47. The Morgan fingerprint density at radius 3 is 2.65 bits per heavy atom. The second-order valence-electron chi connectivity index (χ2n) is 7.48. The van der Waals surface area contributed by atoms with E-state index in [9.17, 15) is 4.79 Å². The van der Waals surface area contributed by atoms with Gasteiger partial charge in [-0.15, -0.1) is 0 Å². The number of hydrogen-bond donors (Lipinski definition) is 1. The van der Waals surface area contributed by atoms with Gasteiger partial charge in [-0.2, -0.15) is 0 Å². The zero-order chi connectivity index (χ0) is 14.8. The average molecular weight is 282 g/mol. The molecule has 2 saturated heterocycles. The van der Waals surface area contributed by atoms with E-state index in [1.165, 1.54) is 25.8 Å². The van der Waals surface area contributed by atoms with Crippen LogP contribution in [0.25, 0.3) is 0 Å². The van der Waals surface area contributed by atoms with Crippen LogP contribution in [0.5, 0.6) is 0 Å². The quantitative estimate of drug-likeness (QED) is 0.846. The Morgan fingerprint density at radius 2 is 2.10 bits per heavy atom. The van der Waals surface area contributed by atoms with Crippen molar-refractivity contribution in [2.45, 2.75) is 65.0 Å². The summed E-state index contributed by atoms with van der Waals surface area (Å²) in [6.07, 6.45) is 4.86. The maximum atomic E-state index is 12.1. The van der Waals surface area contributed by atoms with E-state index in [2.05, 4.69) is 12.2 Å². The number of carbonyl (C=O) groups is 1. The Kier molecular flexibility index (Phi) is 4.95. The van der Waals surface area contributed by atoms with Crippen LogP contribution >= 0.6 is 0 Å². The fraction of sp³-hybridized carbons (Fsp3) is 0.938. The van der Waals surface area contributed by atoms with E-state index in [-0.39, 0.29) is 6.09 Å². The second-order valence-corrected chi connectivity index (χ2v) is 7.48. The van der Waals surface area contributed by atoms with Crippen molar-refractivity contribution in [3.05, 3.63) is 0 Å². The molecular weight excluding hydrogens is 252 g/mol. The molecule has 3 unspecified atom stereocenters. The lowest BCUT2D eigenvalue weighted by molar-refractivity contribution is 0.0106. The van der Waals surface area contributed by atoms with Crippen LogP contribution in [0.2, 0.25) is 0 Å². The van der Waals surface area contributed by atoms with Gasteiger partial charge in [-0.1, -0.05) is 6.92 Å². The first-order chi connectivity index (χ1) is 9.35. The third-order valence-electron chi connectivity index (χ3n) is 4.48. The Morgan fingerprint density at radius 1 is 1.35 bits per heavy atom. The van der Waals surface area contributed by atoms with E-state index in [4.69, 9.17) is 4.74 Å². The van der Waals surface area contributed by atoms with Gasteiger partial charge < -0.3 is 15.0 Å². The Labute approximate surface area is 123 Å². The highest BCUT2D eigenvalue weighted by Crippen LogP contribution is 2.30. The van der Waals surface area contributed by atoms with Crippen LogP contribution in [0, 0.1) is 11.8 Å². The molecule has 4 heteroatoms. The molecule has 0 aliphatic carbocycles. The number of ether oxygens (including phenoxy) is 1. The van der Waals surface area contributed by atoms with Crippen LogP contribution < -0.4 is 5.32 Å². The number of nitrogens with zero attached hydrogens (tertiary/aromatic N) is 1. The summed E-state index contributed by atoms with van der Waals surface area (Å²) in [7, 11) is 0. The van der Waals surface area contributed by atoms with Gasteiger partial charge in [0.25, 0.3) is 0 Å². The molecule has 0 aromatic rings. The number of nitrogens with one attached hydrogen (secondary N) is 1. The zero-order valence-corrected chi connectivity index (χ0v) is 13.4. The molecule has 3 atom stereocenters. The topological polar surface area (TPSA) is 41.6 Å².